The molecule has 0 spiro atoms. The molecule has 100 valence electrons. The molecule has 4 nitrogen and oxygen atoms in total. The molecular weight excluding hydrogens is 289 g/mol. The molecule has 0 bridgehead atoms. The molecule has 0 radical (unpaired) electrons. The highest BCUT2D eigenvalue weighted by Crippen LogP contribution is 2.24. The van der Waals surface area contributed by atoms with E-state index in [0.717, 1.165) is 0 Å². The van der Waals surface area contributed by atoms with E-state index in [1.54, 1.807) is 29.1 Å². The van der Waals surface area contributed by atoms with E-state index in [2.05, 4.69) is 0 Å². The Bertz CT molecular complexity index is 602. The van der Waals surface area contributed by atoms with E-state index >= 15 is 0 Å². The number of carbonyl (C=O) groups is 1. The molecule has 1 aromatic heterocycles. The lowest BCUT2D eigenvalue weighted by molar-refractivity contribution is -0.683. The predicted octanol–water partition coefficient (Wildman–Crippen LogP) is -1.07. The van der Waals surface area contributed by atoms with Crippen LogP contribution in [0.1, 0.15) is 10.4 Å². The normalized spacial score (nSPS) is 9.74. The summed E-state index contributed by atoms with van der Waals surface area (Å²) in [6.07, 6.45) is 3.36. The number of ketones is 1. The monoisotopic (exact) mass is 299 g/mol. The Morgan fingerprint density at radius 1 is 1.21 bits per heavy atom. The molecule has 0 atom stereocenters. The SMILES string of the molecule is O=C(C[n+]1cccc(Cl)c1)c1ccc(O)c(O)c1.[Cl-]. The van der Waals surface area contributed by atoms with Gasteiger partial charge in [0.2, 0.25) is 12.3 Å². The fourth-order valence-electron chi connectivity index (χ4n) is 1.54. The molecule has 1 aromatic carbocycles. The van der Waals surface area contributed by atoms with Crippen LogP contribution in [-0.4, -0.2) is 16.0 Å². The average molecular weight is 300 g/mol. The largest absolute Gasteiger partial charge is 1.00 e. The Hall–Kier alpha value is -1.78. The number of nitrogens with zero attached hydrogens (tertiary/aromatic N) is 1. The van der Waals surface area contributed by atoms with Crippen LogP contribution >= 0.6 is 11.6 Å². The van der Waals surface area contributed by atoms with Crippen molar-refractivity contribution >= 4 is 17.4 Å². The number of hydrogen-bond acceptors (Lipinski definition) is 3. The van der Waals surface area contributed by atoms with Gasteiger partial charge in [0.25, 0.3) is 0 Å². The molecule has 0 aliphatic heterocycles. The van der Waals surface area contributed by atoms with Crippen molar-refractivity contribution in [3.05, 3.63) is 53.3 Å². The van der Waals surface area contributed by atoms with E-state index in [1.807, 2.05) is 0 Å². The van der Waals surface area contributed by atoms with Crippen LogP contribution in [0.15, 0.2) is 42.7 Å². The third-order valence-electron chi connectivity index (χ3n) is 2.45. The maximum Gasteiger partial charge on any atom is 0.227 e. The van der Waals surface area contributed by atoms with Crippen LogP contribution < -0.4 is 17.0 Å². The Kier molecular flexibility index (Phi) is 5.15. The zero-order valence-corrected chi connectivity index (χ0v) is 11.3. The van der Waals surface area contributed by atoms with Gasteiger partial charge in [-0.3, -0.25) is 4.79 Å². The molecule has 0 aliphatic rings. The Balaban J connectivity index is 0.00000180. The van der Waals surface area contributed by atoms with Crippen molar-refractivity contribution in [2.45, 2.75) is 6.54 Å². The van der Waals surface area contributed by atoms with Gasteiger partial charge in [0, 0.05) is 11.6 Å². The van der Waals surface area contributed by atoms with E-state index in [-0.39, 0.29) is 36.2 Å². The minimum Gasteiger partial charge on any atom is -1.00 e. The summed E-state index contributed by atoms with van der Waals surface area (Å²) in [4.78, 5) is 11.9. The van der Waals surface area contributed by atoms with Gasteiger partial charge < -0.3 is 22.6 Å². The number of aromatic nitrogens is 1. The smallest absolute Gasteiger partial charge is 0.227 e. The minimum absolute atomic E-state index is 0. The maximum absolute atomic E-state index is 11.9. The number of pyridine rings is 1. The van der Waals surface area contributed by atoms with Gasteiger partial charge >= 0.3 is 0 Å². The van der Waals surface area contributed by atoms with Crippen molar-refractivity contribution in [1.82, 2.24) is 0 Å². The molecule has 19 heavy (non-hydrogen) atoms. The van der Waals surface area contributed by atoms with Gasteiger partial charge in [-0.25, -0.2) is 0 Å². The fourth-order valence-corrected chi connectivity index (χ4v) is 1.74. The third kappa shape index (κ3) is 3.84. The maximum atomic E-state index is 11.9. The first-order chi connectivity index (χ1) is 8.56. The first-order valence-corrected chi connectivity index (χ1v) is 5.64. The van der Waals surface area contributed by atoms with E-state index < -0.39 is 0 Å². The summed E-state index contributed by atoms with van der Waals surface area (Å²) in [5.41, 5.74) is 0.331. The number of aromatic hydroxyl groups is 2. The number of phenols is 2. The van der Waals surface area contributed by atoms with Crippen molar-refractivity contribution < 1.29 is 32.0 Å². The quantitative estimate of drug-likeness (QED) is 0.431. The lowest BCUT2D eigenvalue weighted by Crippen LogP contribution is -3.00. The first kappa shape index (κ1) is 15.3. The molecule has 0 unspecified atom stereocenters. The molecule has 6 heteroatoms. The average Bonchev–Trinajstić information content (AvgIpc) is 2.32. The number of halogens is 2. The second kappa shape index (κ2) is 6.41. The summed E-state index contributed by atoms with van der Waals surface area (Å²) in [6.45, 7) is 0.116. The highest BCUT2D eigenvalue weighted by molar-refractivity contribution is 6.30. The zero-order valence-electron chi connectivity index (χ0n) is 9.75. The van der Waals surface area contributed by atoms with Crippen LogP contribution in [0.5, 0.6) is 11.5 Å². The van der Waals surface area contributed by atoms with Crippen LogP contribution in [-0.2, 0) is 6.54 Å². The van der Waals surface area contributed by atoms with Gasteiger partial charge in [0.15, 0.2) is 23.9 Å². The van der Waals surface area contributed by atoms with Crippen molar-refractivity contribution in [1.29, 1.82) is 0 Å². The van der Waals surface area contributed by atoms with Crippen LogP contribution in [0.3, 0.4) is 0 Å². The zero-order chi connectivity index (χ0) is 13.1. The summed E-state index contributed by atoms with van der Waals surface area (Å²) in [6, 6.07) is 7.44. The number of Topliss-reactive ketones (excluding diaryl/α,β-unsaturated/α-hetero) is 1. The molecule has 1 heterocycles. The van der Waals surface area contributed by atoms with Gasteiger partial charge in [-0.05, 0) is 24.3 Å². The van der Waals surface area contributed by atoms with Crippen molar-refractivity contribution in [3.63, 3.8) is 0 Å². The lowest BCUT2D eigenvalue weighted by Gasteiger charge is -2.01. The fraction of sp³-hybridized carbons (Fsp3) is 0.0769. The third-order valence-corrected chi connectivity index (χ3v) is 2.67. The molecule has 0 saturated carbocycles. The van der Waals surface area contributed by atoms with Crippen molar-refractivity contribution in [2.24, 2.45) is 0 Å². The molecule has 0 fully saturated rings. The van der Waals surface area contributed by atoms with Crippen molar-refractivity contribution in [2.75, 3.05) is 0 Å². The number of carbonyl (C=O) groups excluding carboxylic acids is 1. The van der Waals surface area contributed by atoms with Crippen molar-refractivity contribution in [3.8, 4) is 11.5 Å². The molecule has 0 aliphatic carbocycles. The molecular formula is C13H11Cl2NO3. The standard InChI is InChI=1S/C13H10ClNO3.ClH/c14-10-2-1-5-15(7-10)8-13(18)9-3-4-11(16)12(17)6-9;/h1-7H,8H2,(H-,16,17,18);1H. The number of hydrogen-bond donors (Lipinski definition) is 2. The number of phenolic OH excluding ortho intramolecular Hbond substituents is 2. The van der Waals surface area contributed by atoms with Crippen LogP contribution in [0.4, 0.5) is 0 Å². The van der Waals surface area contributed by atoms with E-state index in [1.165, 1.54) is 18.2 Å². The van der Waals surface area contributed by atoms with Gasteiger partial charge in [0.1, 0.15) is 5.02 Å². The highest BCUT2D eigenvalue weighted by Gasteiger charge is 2.14. The van der Waals surface area contributed by atoms with Gasteiger partial charge in [-0.15, -0.1) is 0 Å². The van der Waals surface area contributed by atoms with E-state index in [4.69, 9.17) is 16.7 Å². The molecule has 0 amide bonds. The second-order valence-corrected chi connectivity index (χ2v) is 4.26. The predicted molar refractivity (Wildman–Crippen MR) is 65.7 cm³/mol. The second-order valence-electron chi connectivity index (χ2n) is 3.82. The van der Waals surface area contributed by atoms with Crippen LogP contribution in [0, 0.1) is 0 Å². The molecule has 2 N–H and O–H groups in total. The van der Waals surface area contributed by atoms with Gasteiger partial charge in [-0.1, -0.05) is 11.6 Å². The topological polar surface area (TPSA) is 61.4 Å². The van der Waals surface area contributed by atoms with Gasteiger partial charge in [-0.2, -0.15) is 4.57 Å². The summed E-state index contributed by atoms with van der Waals surface area (Å²) in [7, 11) is 0. The van der Waals surface area contributed by atoms with Gasteiger partial charge in [0.05, 0.1) is 0 Å². The highest BCUT2D eigenvalue weighted by atomic mass is 35.5. The minimum atomic E-state index is -0.308. The molecule has 2 aromatic rings. The summed E-state index contributed by atoms with van der Waals surface area (Å²) in [5.74, 6) is -0.739. The van der Waals surface area contributed by atoms with E-state index in [0.29, 0.717) is 10.6 Å². The first-order valence-electron chi connectivity index (χ1n) is 5.26. The summed E-state index contributed by atoms with van der Waals surface area (Å²) >= 11 is 5.82. The van der Waals surface area contributed by atoms with E-state index in [9.17, 15) is 9.90 Å². The Morgan fingerprint density at radius 3 is 2.58 bits per heavy atom. The van der Waals surface area contributed by atoms with Crippen LogP contribution in [0.25, 0.3) is 0 Å². The summed E-state index contributed by atoms with van der Waals surface area (Å²) < 4.78 is 1.65. The Labute approximate surface area is 121 Å². The lowest BCUT2D eigenvalue weighted by atomic mass is 10.1. The Morgan fingerprint density at radius 2 is 1.95 bits per heavy atom. The van der Waals surface area contributed by atoms with Crippen LogP contribution in [0.2, 0.25) is 5.02 Å². The molecule has 0 saturated heterocycles. The number of benzene rings is 1. The number of rotatable bonds is 3. The molecule has 2 rings (SSSR count). The summed E-state index contributed by atoms with van der Waals surface area (Å²) in [5, 5.41) is 19.0.